The van der Waals surface area contributed by atoms with Gasteiger partial charge < -0.3 is 5.32 Å². The van der Waals surface area contributed by atoms with Gasteiger partial charge in [0.05, 0.1) is 12.6 Å². The van der Waals surface area contributed by atoms with Gasteiger partial charge in [0.15, 0.2) is 5.82 Å². The monoisotopic (exact) mass is 229 g/mol. The van der Waals surface area contributed by atoms with Crippen LogP contribution in [0.4, 0.5) is 0 Å². The lowest BCUT2D eigenvalue weighted by Gasteiger charge is -2.10. The zero-order valence-corrected chi connectivity index (χ0v) is 9.80. The molecule has 0 saturated carbocycles. The van der Waals surface area contributed by atoms with Crippen molar-refractivity contribution in [3.63, 3.8) is 0 Å². The Bertz CT molecular complexity index is 494. The van der Waals surface area contributed by atoms with Crippen LogP contribution in [0.2, 0.25) is 0 Å². The molecule has 0 amide bonds. The maximum Gasteiger partial charge on any atom is 0.165 e. The normalized spacial score (nSPS) is 15.1. The average Bonchev–Trinajstić information content (AvgIpc) is 2.94. The van der Waals surface area contributed by atoms with Gasteiger partial charge in [-0.25, -0.2) is 4.68 Å². The molecule has 0 aliphatic heterocycles. The maximum absolute atomic E-state index is 4.12. The quantitative estimate of drug-likeness (QED) is 0.843. The molecular weight excluding hydrogens is 214 g/mol. The number of nitrogens with one attached hydrogen (secondary N) is 1. The Labute approximate surface area is 99.8 Å². The fraction of sp³-hybridized carbons (Fsp3) is 0.417. The first kappa shape index (κ1) is 10.4. The summed E-state index contributed by atoms with van der Waals surface area (Å²) >= 11 is 0. The maximum atomic E-state index is 4.12. The van der Waals surface area contributed by atoms with E-state index in [1.807, 2.05) is 11.7 Å². The molecule has 0 atom stereocenters. The van der Waals surface area contributed by atoms with Crippen LogP contribution < -0.4 is 5.32 Å². The van der Waals surface area contributed by atoms with Crippen LogP contribution in [-0.4, -0.2) is 27.3 Å². The highest BCUT2D eigenvalue weighted by Gasteiger charge is 2.25. The number of rotatable bonds is 3. The average molecular weight is 229 g/mol. The topological polar surface area (TPSA) is 55.6 Å². The van der Waals surface area contributed by atoms with E-state index >= 15 is 0 Å². The van der Waals surface area contributed by atoms with Gasteiger partial charge in [0.25, 0.3) is 0 Å². The second-order valence-electron chi connectivity index (χ2n) is 4.40. The Hall–Kier alpha value is -1.75. The predicted octanol–water partition coefficient (Wildman–Crippen LogP) is 0.732. The van der Waals surface area contributed by atoms with E-state index in [1.54, 1.807) is 0 Å². The summed E-state index contributed by atoms with van der Waals surface area (Å²) in [6.45, 7) is 0.708. The molecule has 1 heterocycles. The van der Waals surface area contributed by atoms with Crippen molar-refractivity contribution in [2.24, 2.45) is 0 Å². The zero-order valence-electron chi connectivity index (χ0n) is 9.80. The standard InChI is InChI=1S/C12H15N5/c1-13-8-12-14-15-16-17(12)11-6-9-4-2-3-5-10(9)7-11/h2-5,11,13H,6-8H2,1H3. The minimum absolute atomic E-state index is 0.366. The largest absolute Gasteiger partial charge is 0.313 e. The molecule has 0 bridgehead atoms. The Balaban J connectivity index is 1.86. The second-order valence-corrected chi connectivity index (χ2v) is 4.40. The van der Waals surface area contributed by atoms with E-state index in [9.17, 15) is 0 Å². The lowest BCUT2D eigenvalue weighted by Crippen LogP contribution is -2.18. The number of tetrazole rings is 1. The molecule has 17 heavy (non-hydrogen) atoms. The number of benzene rings is 1. The van der Waals surface area contributed by atoms with Gasteiger partial charge in [0, 0.05) is 0 Å². The molecule has 1 N–H and O–H groups in total. The minimum Gasteiger partial charge on any atom is -0.313 e. The Morgan fingerprint density at radius 2 is 2.00 bits per heavy atom. The molecule has 3 rings (SSSR count). The molecular formula is C12H15N5. The van der Waals surface area contributed by atoms with Gasteiger partial charge in [-0.3, -0.25) is 0 Å². The molecule has 0 spiro atoms. The van der Waals surface area contributed by atoms with Crippen molar-refractivity contribution in [1.82, 2.24) is 25.5 Å². The zero-order chi connectivity index (χ0) is 11.7. The van der Waals surface area contributed by atoms with Gasteiger partial charge >= 0.3 is 0 Å². The molecule has 0 saturated heterocycles. The highest BCUT2D eigenvalue weighted by atomic mass is 15.6. The van der Waals surface area contributed by atoms with Crippen molar-refractivity contribution >= 4 is 0 Å². The number of aromatic nitrogens is 4. The third-order valence-electron chi connectivity index (χ3n) is 3.27. The lowest BCUT2D eigenvalue weighted by atomic mass is 10.1. The van der Waals surface area contributed by atoms with Gasteiger partial charge in [0.2, 0.25) is 0 Å². The van der Waals surface area contributed by atoms with Gasteiger partial charge in [-0.2, -0.15) is 0 Å². The van der Waals surface area contributed by atoms with Crippen LogP contribution in [0.1, 0.15) is 23.0 Å². The summed E-state index contributed by atoms with van der Waals surface area (Å²) < 4.78 is 1.95. The SMILES string of the molecule is CNCc1nnnn1C1Cc2ccccc2C1. The highest BCUT2D eigenvalue weighted by Crippen LogP contribution is 2.29. The fourth-order valence-corrected chi connectivity index (χ4v) is 2.48. The van der Waals surface area contributed by atoms with E-state index in [0.29, 0.717) is 12.6 Å². The van der Waals surface area contributed by atoms with E-state index in [0.717, 1.165) is 18.7 Å². The molecule has 1 aromatic heterocycles. The lowest BCUT2D eigenvalue weighted by molar-refractivity contribution is 0.441. The summed E-state index contributed by atoms with van der Waals surface area (Å²) in [5.41, 5.74) is 2.84. The van der Waals surface area contributed by atoms with Crippen LogP contribution in [0.25, 0.3) is 0 Å². The molecule has 5 nitrogen and oxygen atoms in total. The van der Waals surface area contributed by atoms with E-state index < -0.39 is 0 Å². The summed E-state index contributed by atoms with van der Waals surface area (Å²) in [7, 11) is 1.91. The van der Waals surface area contributed by atoms with Crippen molar-refractivity contribution in [3.05, 3.63) is 41.2 Å². The van der Waals surface area contributed by atoms with Crippen LogP contribution in [0, 0.1) is 0 Å². The van der Waals surface area contributed by atoms with Gasteiger partial charge in [-0.15, -0.1) is 5.10 Å². The molecule has 5 heteroatoms. The van der Waals surface area contributed by atoms with Gasteiger partial charge in [0.1, 0.15) is 0 Å². The molecule has 1 aliphatic rings. The van der Waals surface area contributed by atoms with Crippen molar-refractivity contribution in [2.75, 3.05) is 7.05 Å². The molecule has 1 aromatic carbocycles. The summed E-state index contributed by atoms with van der Waals surface area (Å²) in [4.78, 5) is 0. The highest BCUT2D eigenvalue weighted by molar-refractivity contribution is 5.32. The molecule has 2 aromatic rings. The number of fused-ring (bicyclic) bond motifs is 1. The first-order valence-electron chi connectivity index (χ1n) is 5.86. The van der Waals surface area contributed by atoms with Gasteiger partial charge in [-0.05, 0) is 41.4 Å². The molecule has 88 valence electrons. The third kappa shape index (κ3) is 1.82. The summed E-state index contributed by atoms with van der Waals surface area (Å²) in [6, 6.07) is 8.94. The molecule has 1 aliphatic carbocycles. The third-order valence-corrected chi connectivity index (χ3v) is 3.27. The van der Waals surface area contributed by atoms with E-state index in [2.05, 4.69) is 45.1 Å². The summed E-state index contributed by atoms with van der Waals surface area (Å²) in [6.07, 6.45) is 2.05. The Morgan fingerprint density at radius 1 is 1.29 bits per heavy atom. The Morgan fingerprint density at radius 3 is 2.65 bits per heavy atom. The second kappa shape index (κ2) is 4.25. The molecule has 0 radical (unpaired) electrons. The van der Waals surface area contributed by atoms with E-state index in [4.69, 9.17) is 0 Å². The van der Waals surface area contributed by atoms with E-state index in [-0.39, 0.29) is 0 Å². The van der Waals surface area contributed by atoms with Crippen LogP contribution in [-0.2, 0) is 19.4 Å². The minimum atomic E-state index is 0.366. The van der Waals surface area contributed by atoms with Crippen LogP contribution in [0.15, 0.2) is 24.3 Å². The number of hydrogen-bond donors (Lipinski definition) is 1. The molecule has 0 fully saturated rings. The van der Waals surface area contributed by atoms with Crippen molar-refractivity contribution in [2.45, 2.75) is 25.4 Å². The first-order chi connectivity index (χ1) is 8.38. The van der Waals surface area contributed by atoms with Crippen molar-refractivity contribution in [3.8, 4) is 0 Å². The smallest absolute Gasteiger partial charge is 0.165 e. The van der Waals surface area contributed by atoms with E-state index in [1.165, 1.54) is 11.1 Å². The van der Waals surface area contributed by atoms with Crippen molar-refractivity contribution in [1.29, 1.82) is 0 Å². The summed E-state index contributed by atoms with van der Waals surface area (Å²) in [5.74, 6) is 0.908. The fourth-order valence-electron chi connectivity index (χ4n) is 2.48. The van der Waals surface area contributed by atoms with Gasteiger partial charge in [-0.1, -0.05) is 24.3 Å². The Kier molecular flexibility index (Phi) is 2.60. The predicted molar refractivity (Wildman–Crippen MR) is 63.5 cm³/mol. The van der Waals surface area contributed by atoms with Crippen LogP contribution in [0.5, 0.6) is 0 Å². The summed E-state index contributed by atoms with van der Waals surface area (Å²) in [5, 5.41) is 15.0. The van der Waals surface area contributed by atoms with Crippen LogP contribution in [0.3, 0.4) is 0 Å². The molecule has 0 unspecified atom stereocenters. The van der Waals surface area contributed by atoms with Crippen LogP contribution >= 0.6 is 0 Å². The first-order valence-corrected chi connectivity index (χ1v) is 5.86. The number of nitrogens with zero attached hydrogens (tertiary/aromatic N) is 4. The number of hydrogen-bond acceptors (Lipinski definition) is 4. The van der Waals surface area contributed by atoms with Crippen molar-refractivity contribution < 1.29 is 0 Å².